The molecule has 20 heavy (non-hydrogen) atoms. The van der Waals surface area contributed by atoms with Crippen LogP contribution < -0.4 is 5.66 Å². The predicted molar refractivity (Wildman–Crippen MR) is 77.7 cm³/mol. The van der Waals surface area contributed by atoms with E-state index >= 15 is 0 Å². The molecule has 0 bridgehead atoms. The van der Waals surface area contributed by atoms with E-state index in [-0.39, 0.29) is 5.66 Å². The van der Waals surface area contributed by atoms with Gasteiger partial charge < -0.3 is 19.2 Å². The summed E-state index contributed by atoms with van der Waals surface area (Å²) in [6, 6.07) is 7.45. The van der Waals surface area contributed by atoms with Gasteiger partial charge in [-0.15, -0.1) is 0 Å². The van der Waals surface area contributed by atoms with E-state index in [9.17, 15) is 0 Å². The molecule has 2 aromatic rings. The first-order valence-corrected chi connectivity index (χ1v) is 7.22. The van der Waals surface area contributed by atoms with Crippen molar-refractivity contribution in [3.8, 4) is 0 Å². The summed E-state index contributed by atoms with van der Waals surface area (Å²) >= 11 is 0. The Balaban J connectivity index is 1.68. The Hall–Kier alpha value is -1.30. The quantitative estimate of drug-likeness (QED) is 0.837. The predicted octanol–water partition coefficient (Wildman–Crippen LogP) is 1.96. The van der Waals surface area contributed by atoms with Crippen molar-refractivity contribution in [2.75, 3.05) is 0 Å². The first-order chi connectivity index (χ1) is 9.72. The second kappa shape index (κ2) is 6.00. The van der Waals surface area contributed by atoms with E-state index in [1.165, 1.54) is 19.3 Å². The van der Waals surface area contributed by atoms with E-state index in [4.69, 9.17) is 19.2 Å². The van der Waals surface area contributed by atoms with Gasteiger partial charge in [-0.3, -0.25) is 0 Å². The van der Waals surface area contributed by atoms with Crippen molar-refractivity contribution < 1.29 is 19.2 Å². The summed E-state index contributed by atoms with van der Waals surface area (Å²) in [5.74, 6) is 0. The van der Waals surface area contributed by atoms with Crippen LogP contribution in [0.4, 0.5) is 0 Å². The first kappa shape index (κ1) is 13.7. The Bertz CT molecular complexity index is 572. The molecule has 1 saturated carbocycles. The Morgan fingerprint density at radius 3 is 2.70 bits per heavy atom. The summed E-state index contributed by atoms with van der Waals surface area (Å²) in [6.45, 7) is 0.600. The van der Waals surface area contributed by atoms with Gasteiger partial charge in [0.15, 0.2) is 0 Å². The summed E-state index contributed by atoms with van der Waals surface area (Å²) in [4.78, 5) is 0. The third kappa shape index (κ3) is 3.06. The molecule has 2 N–H and O–H groups in total. The van der Waals surface area contributed by atoms with Crippen LogP contribution in [0.25, 0.3) is 11.0 Å². The van der Waals surface area contributed by atoms with Gasteiger partial charge >= 0.3 is 7.12 Å². The molecule has 0 spiro atoms. The highest BCUT2D eigenvalue weighted by molar-refractivity contribution is 6.57. The number of fused-ring (bicyclic) bond motifs is 1. The highest BCUT2D eigenvalue weighted by Gasteiger charge is 2.17. The van der Waals surface area contributed by atoms with Crippen molar-refractivity contribution in [3.05, 3.63) is 29.8 Å². The Morgan fingerprint density at radius 2 is 1.95 bits per heavy atom. The molecule has 1 fully saturated rings. The van der Waals surface area contributed by atoms with Gasteiger partial charge in [-0.05, 0) is 36.6 Å². The zero-order valence-electron chi connectivity index (χ0n) is 11.4. The van der Waals surface area contributed by atoms with Gasteiger partial charge in [-0.1, -0.05) is 25.3 Å². The van der Waals surface area contributed by atoms with Crippen molar-refractivity contribution >= 4 is 23.7 Å². The normalized spacial score (nSPS) is 16.7. The zero-order valence-corrected chi connectivity index (χ0v) is 11.4. The van der Waals surface area contributed by atoms with Crippen LogP contribution in [0, 0.1) is 0 Å². The maximum absolute atomic E-state index is 9.10. The topological polar surface area (TPSA) is 62.8 Å². The van der Waals surface area contributed by atoms with Crippen molar-refractivity contribution in [1.29, 1.82) is 0 Å². The molecule has 0 radical (unpaired) electrons. The highest BCUT2D eigenvalue weighted by atomic mass is 16.5. The van der Waals surface area contributed by atoms with Crippen LogP contribution in [-0.2, 0) is 11.3 Å². The van der Waals surface area contributed by atoms with Crippen molar-refractivity contribution in [2.45, 2.75) is 44.8 Å². The lowest BCUT2D eigenvalue weighted by Gasteiger charge is -2.21. The van der Waals surface area contributed by atoms with Crippen molar-refractivity contribution in [1.82, 2.24) is 0 Å². The van der Waals surface area contributed by atoms with Gasteiger partial charge in [-0.2, -0.15) is 0 Å². The minimum Gasteiger partial charge on any atom is -0.465 e. The Labute approximate surface area is 118 Å². The molecule has 0 aliphatic heterocycles. The largest absolute Gasteiger partial charge is 0.526 e. The molecule has 1 aliphatic carbocycles. The lowest BCUT2D eigenvalue weighted by atomic mass is 9.88. The van der Waals surface area contributed by atoms with Crippen LogP contribution in [0.15, 0.2) is 28.7 Å². The Kier molecular flexibility index (Phi) is 4.10. The van der Waals surface area contributed by atoms with Gasteiger partial charge in [0, 0.05) is 5.39 Å². The molecule has 0 unspecified atom stereocenters. The summed E-state index contributed by atoms with van der Waals surface area (Å²) < 4.78 is 11.3. The third-order valence-corrected chi connectivity index (χ3v) is 3.89. The van der Waals surface area contributed by atoms with Gasteiger partial charge in [0.1, 0.15) is 11.2 Å². The molecule has 0 amide bonds. The van der Waals surface area contributed by atoms with Gasteiger partial charge in [0.05, 0.1) is 12.7 Å². The fourth-order valence-electron chi connectivity index (χ4n) is 2.78. The van der Waals surface area contributed by atoms with E-state index in [0.29, 0.717) is 18.3 Å². The molecule has 1 aliphatic rings. The van der Waals surface area contributed by atoms with Crippen molar-refractivity contribution in [3.63, 3.8) is 0 Å². The SMILES string of the molecule is OB(O)c1cc2cc(COC3CCCCC3)ccc2o1. The smallest absolute Gasteiger partial charge is 0.465 e. The molecule has 3 rings (SSSR count). The lowest BCUT2D eigenvalue weighted by Crippen LogP contribution is -2.27. The van der Waals surface area contributed by atoms with E-state index < -0.39 is 7.12 Å². The summed E-state index contributed by atoms with van der Waals surface area (Å²) in [5.41, 5.74) is 1.92. The number of rotatable bonds is 4. The standard InChI is InChI=1S/C15H19BO4/c17-16(18)15-9-12-8-11(6-7-14(12)20-15)10-19-13-4-2-1-3-5-13/h6-9,13,17-18H,1-5,10H2. The monoisotopic (exact) mass is 274 g/mol. The number of hydrogen-bond acceptors (Lipinski definition) is 4. The van der Waals surface area contributed by atoms with Crippen molar-refractivity contribution in [2.24, 2.45) is 0 Å². The molecular formula is C15H19BO4. The first-order valence-electron chi connectivity index (χ1n) is 7.22. The molecule has 0 atom stereocenters. The van der Waals surface area contributed by atoms with Crippen LogP contribution >= 0.6 is 0 Å². The summed E-state index contributed by atoms with van der Waals surface area (Å²) in [6.07, 6.45) is 6.57. The lowest BCUT2D eigenvalue weighted by molar-refractivity contribution is 0.0169. The fourth-order valence-corrected chi connectivity index (χ4v) is 2.78. The van der Waals surface area contributed by atoms with E-state index in [2.05, 4.69) is 0 Å². The molecule has 5 heteroatoms. The second-order valence-electron chi connectivity index (χ2n) is 5.47. The van der Waals surface area contributed by atoms with E-state index in [1.54, 1.807) is 6.07 Å². The molecule has 1 aromatic carbocycles. The number of ether oxygens (including phenoxy) is 1. The Morgan fingerprint density at radius 1 is 1.15 bits per heavy atom. The maximum atomic E-state index is 9.10. The third-order valence-electron chi connectivity index (χ3n) is 3.89. The molecule has 4 nitrogen and oxygen atoms in total. The average molecular weight is 274 g/mol. The van der Waals surface area contributed by atoms with Crippen LogP contribution in [-0.4, -0.2) is 23.3 Å². The van der Waals surface area contributed by atoms with Crippen LogP contribution in [0.5, 0.6) is 0 Å². The summed E-state index contributed by atoms with van der Waals surface area (Å²) in [7, 11) is -1.57. The zero-order chi connectivity index (χ0) is 13.9. The fraction of sp³-hybridized carbons (Fsp3) is 0.467. The minimum absolute atomic E-state index is 0.172. The van der Waals surface area contributed by atoms with Crippen LogP contribution in [0.2, 0.25) is 0 Å². The highest BCUT2D eigenvalue weighted by Crippen LogP contribution is 2.22. The molecule has 106 valence electrons. The molecular weight excluding hydrogens is 255 g/mol. The number of hydrogen-bond donors (Lipinski definition) is 2. The minimum atomic E-state index is -1.57. The number of furan rings is 1. The van der Waals surface area contributed by atoms with E-state index in [0.717, 1.165) is 23.8 Å². The van der Waals surface area contributed by atoms with Gasteiger partial charge in [0.25, 0.3) is 0 Å². The van der Waals surface area contributed by atoms with Gasteiger partial charge in [-0.25, -0.2) is 0 Å². The molecule has 1 aromatic heterocycles. The molecule has 1 heterocycles. The number of benzene rings is 1. The van der Waals surface area contributed by atoms with Crippen LogP contribution in [0.1, 0.15) is 37.7 Å². The average Bonchev–Trinajstić information content (AvgIpc) is 2.89. The second-order valence-corrected chi connectivity index (χ2v) is 5.47. The van der Waals surface area contributed by atoms with E-state index in [1.807, 2.05) is 18.2 Å². The van der Waals surface area contributed by atoms with Crippen LogP contribution in [0.3, 0.4) is 0 Å². The molecule has 0 saturated heterocycles. The summed E-state index contributed by atoms with van der Waals surface area (Å²) in [5, 5.41) is 19.1. The van der Waals surface area contributed by atoms with Gasteiger partial charge in [0.2, 0.25) is 0 Å². The maximum Gasteiger partial charge on any atom is 0.526 e.